The van der Waals surface area contributed by atoms with Crippen LogP contribution in [0.1, 0.15) is 209 Å². The van der Waals surface area contributed by atoms with Gasteiger partial charge in [-0.15, -0.1) is 0 Å². The maximum Gasteiger partial charge on any atom is 0.0894 e. The molecule has 0 aliphatic rings. The van der Waals surface area contributed by atoms with E-state index < -0.39 is 81.1 Å². The predicted molar refractivity (Wildman–Crippen MR) is 588 cm³/mol. The van der Waals surface area contributed by atoms with Crippen LogP contribution < -0.4 is 20.7 Å². The van der Waals surface area contributed by atoms with Crippen LogP contribution in [0.5, 0.6) is 0 Å². The number of aliphatic hydroxyl groups is 8. The first kappa shape index (κ1) is 131. The molecule has 24 heteroatoms. The van der Waals surface area contributed by atoms with E-state index in [-0.39, 0.29) is 124 Å². The molecule has 4 radical (unpaired) electrons. The maximum atomic E-state index is 9.76. The van der Waals surface area contributed by atoms with Crippen molar-refractivity contribution in [3.8, 4) is 45.6 Å². The van der Waals surface area contributed by atoms with Crippen molar-refractivity contribution in [2.45, 2.75) is 340 Å². The van der Waals surface area contributed by atoms with E-state index in [2.05, 4.69) is 239 Å². The average molecular weight is 2680 g/mol. The molecule has 12 rings (SSSR count). The first-order valence-electron chi connectivity index (χ1n) is 48.3. The molecule has 0 aliphatic heterocycles. The third-order valence-corrected chi connectivity index (χ3v) is 32.6. The molecule has 0 fully saturated rings. The average Bonchev–Trinajstić information content (AvgIpc) is 0.810. The number of nitrogens with zero attached hydrogens (tertiary/aromatic N) is 8. The van der Waals surface area contributed by atoms with E-state index in [1.165, 1.54) is 53.4 Å². The Hall–Kier alpha value is -5.74. The largest absolute Gasteiger partial charge is 0.392 e. The van der Waals surface area contributed by atoms with Gasteiger partial charge in [-0.1, -0.05) is 356 Å². The number of hydrogen-bond donors (Lipinski definition) is 8. The van der Waals surface area contributed by atoms with Gasteiger partial charge >= 0.3 is 0 Å². The first-order valence-corrected chi connectivity index (χ1v) is 62.3. The van der Waals surface area contributed by atoms with Gasteiger partial charge in [-0.3, -0.25) is 19.9 Å². The molecule has 0 spiro atoms. The van der Waals surface area contributed by atoms with Crippen molar-refractivity contribution >= 4 is 96.7 Å². The SMILES string of the molecule is CC(C)(C)C(O)CC(O)C(C)(C)C.CC(C)(C)C(O)CC(O)C(C)(C)C.CC(C)(C)C(O)CC(O)C(C)(C)C.CC(C)(C)C(O)CC(O)C(C)(C)C.C[Si](C)(C)c1ccc2nc(-c3ccccn3)ccc2c1.Cc1ccc(-c2ccc3cc([Si](C)(C)C)ccc3n2)nc1.Cc1cccc(-c2ccc3cc([Si](C)(C)C)ccc3n2)n1.Cc1ccnc(-c2ccc3cc([Si](C)(C)C)ccc3n2)c1.[Ir].[Ir].[Ir].[Ir]. The number of aliphatic hydroxyl groups excluding tert-OH is 8. The Morgan fingerprint density at radius 3 is 0.691 bits per heavy atom. The van der Waals surface area contributed by atoms with E-state index in [0.29, 0.717) is 25.7 Å². The molecule has 0 aliphatic carbocycles. The van der Waals surface area contributed by atoms with Gasteiger partial charge in [0.2, 0.25) is 0 Å². The minimum atomic E-state index is -1.28. The normalized spacial score (nSPS) is 13.9. The maximum absolute atomic E-state index is 9.76. The quantitative estimate of drug-likeness (QED) is 0.0418. The number of benzene rings is 4. The van der Waals surface area contributed by atoms with Gasteiger partial charge < -0.3 is 40.9 Å². The van der Waals surface area contributed by atoms with Crippen molar-refractivity contribution in [1.29, 1.82) is 0 Å². The molecule has 8 aromatic heterocycles. The molecule has 0 saturated heterocycles. The number of aromatic nitrogens is 8. The van der Waals surface area contributed by atoms with Crippen LogP contribution in [-0.2, 0) is 80.4 Å². The smallest absolute Gasteiger partial charge is 0.0894 e. The van der Waals surface area contributed by atoms with Gasteiger partial charge in [0.15, 0.2) is 0 Å². The zero-order valence-corrected chi connectivity index (χ0v) is 105. The van der Waals surface area contributed by atoms with Crippen LogP contribution in [-0.4, -0.2) is 162 Å². The van der Waals surface area contributed by atoms with Crippen molar-refractivity contribution in [3.05, 3.63) is 217 Å². The Labute approximate surface area is 896 Å². The third kappa shape index (κ3) is 44.6. The Morgan fingerprint density at radius 1 is 0.223 bits per heavy atom. The molecule has 8 unspecified atom stereocenters. The van der Waals surface area contributed by atoms with Crippen LogP contribution in [0.15, 0.2) is 201 Å². The molecule has 8 atom stereocenters. The van der Waals surface area contributed by atoms with E-state index in [1.54, 1.807) is 6.20 Å². The van der Waals surface area contributed by atoms with E-state index >= 15 is 0 Å². The van der Waals surface area contributed by atoms with Crippen LogP contribution in [0.2, 0.25) is 78.6 Å². The van der Waals surface area contributed by atoms with Crippen LogP contribution in [0.25, 0.3) is 89.2 Å². The second kappa shape index (κ2) is 54.6. The summed E-state index contributed by atoms with van der Waals surface area (Å²) in [6.45, 7) is 82.0. The number of fused-ring (bicyclic) bond motifs is 4. The molecule has 0 saturated carbocycles. The predicted octanol–water partition coefficient (Wildman–Crippen LogP) is 25.0. The van der Waals surface area contributed by atoms with E-state index in [0.717, 1.165) is 73.3 Å². The molecule has 0 bridgehead atoms. The molecule has 139 heavy (non-hydrogen) atoms. The summed E-state index contributed by atoms with van der Waals surface area (Å²) in [7, 11) is -5.09. The molecule has 12 aromatic rings. The third-order valence-electron chi connectivity index (χ3n) is 24.4. The van der Waals surface area contributed by atoms with Crippen molar-refractivity contribution < 1.29 is 121 Å². The van der Waals surface area contributed by atoms with Crippen molar-refractivity contribution in [1.82, 2.24) is 39.9 Å². The van der Waals surface area contributed by atoms with Crippen LogP contribution in [0.4, 0.5) is 0 Å². The summed E-state index contributed by atoms with van der Waals surface area (Å²) in [4.78, 5) is 36.8. The Bertz CT molecular complexity index is 5350. The summed E-state index contributed by atoms with van der Waals surface area (Å²) >= 11 is 0. The molecule has 16 nitrogen and oxygen atoms in total. The number of pyridine rings is 8. The molecule has 8 N–H and O–H groups in total. The van der Waals surface area contributed by atoms with E-state index in [9.17, 15) is 40.9 Å². The zero-order valence-electron chi connectivity index (χ0n) is 91.5. The summed E-state index contributed by atoms with van der Waals surface area (Å²) in [5.74, 6) is 0. The fraction of sp³-hybridized carbons (Fsp3) is 0.513. The van der Waals surface area contributed by atoms with Gasteiger partial charge in [0.25, 0.3) is 0 Å². The number of rotatable bonds is 16. The van der Waals surface area contributed by atoms with Gasteiger partial charge in [-0.05, 0) is 166 Å². The van der Waals surface area contributed by atoms with E-state index in [4.69, 9.17) is 19.9 Å². The summed E-state index contributed by atoms with van der Waals surface area (Å²) in [6, 6.07) is 63.6. The number of aryl methyl sites for hydroxylation is 3. The van der Waals surface area contributed by atoms with Crippen molar-refractivity contribution in [2.75, 3.05) is 0 Å². The van der Waals surface area contributed by atoms with Gasteiger partial charge in [0, 0.05) is 152 Å². The van der Waals surface area contributed by atoms with Gasteiger partial charge in [-0.2, -0.15) is 0 Å². The van der Waals surface area contributed by atoms with Crippen LogP contribution in [0.3, 0.4) is 0 Å². The molecule has 4 aromatic carbocycles. The summed E-state index contributed by atoms with van der Waals surface area (Å²) in [5.41, 5.74) is 13.8. The minimum absolute atomic E-state index is 0. The summed E-state index contributed by atoms with van der Waals surface area (Å²) in [5, 5.41) is 88.8. The monoisotopic (exact) mass is 2680 g/mol. The van der Waals surface area contributed by atoms with Crippen LogP contribution in [0, 0.1) is 64.1 Å². The second-order valence-electron chi connectivity index (χ2n) is 49.7. The van der Waals surface area contributed by atoms with Crippen molar-refractivity contribution in [3.63, 3.8) is 0 Å². The molecular weight excluding hydrogens is 2500 g/mol. The van der Waals surface area contributed by atoms with E-state index in [1.807, 2.05) is 241 Å². The Morgan fingerprint density at radius 2 is 0.460 bits per heavy atom. The topological polar surface area (TPSA) is 265 Å². The fourth-order valence-electron chi connectivity index (χ4n) is 13.1. The van der Waals surface area contributed by atoms with Crippen molar-refractivity contribution in [2.24, 2.45) is 43.3 Å². The Balaban J connectivity index is 0.000000800. The van der Waals surface area contributed by atoms with Gasteiger partial charge in [0.05, 0.1) is 149 Å². The minimum Gasteiger partial charge on any atom is -0.392 e. The van der Waals surface area contributed by atoms with Gasteiger partial charge in [0.1, 0.15) is 0 Å². The second-order valence-corrected chi connectivity index (χ2v) is 70.0. The summed E-state index contributed by atoms with van der Waals surface area (Å²) in [6.07, 6.45) is 3.79. The Kier molecular flexibility index (Phi) is 51.6. The molecule has 0 amide bonds. The standard InChI is InChI=1S/3C18H20N2Si.C17H18N2Si.4C11H24O2.4Ir/c1-13-5-8-17(19-12-13)18-9-6-14-11-15(21(2,3)4)7-10-16(14)20-18;1-13-9-10-19-18(11-13)17-7-5-14-12-15(21(2,3)4)6-8-16(14)20-17;1-13-6-5-7-17(19-13)18-10-8-14-12-15(21(2,3)4)9-11-16(14)20-18;1-20(2,3)14-8-10-15-13(12-14)7-9-17(19-15)16-6-4-5-11-18-16;4*1-10(2,3)8(12)7-9(13)11(4,5)6;;;;/h3*5-12H,1-4H3;4-12H,1-3H3;4*8-9,12-13H,7H2,1-6H3;;;;. The zero-order chi connectivity index (χ0) is 103. The van der Waals surface area contributed by atoms with Crippen LogP contribution >= 0.6 is 0 Å². The first-order chi connectivity index (χ1) is 61.5. The number of hydrogen-bond acceptors (Lipinski definition) is 16. The molecule has 774 valence electrons. The fourth-order valence-corrected chi connectivity index (χ4v) is 17.8. The summed E-state index contributed by atoms with van der Waals surface area (Å²) < 4.78 is 0. The molecule has 8 heterocycles. The molecular formula is C115H174Ir4N8O8Si4. The van der Waals surface area contributed by atoms with Gasteiger partial charge in [-0.25, -0.2) is 19.9 Å².